The van der Waals surface area contributed by atoms with Gasteiger partial charge in [-0.15, -0.1) is 5.10 Å². The molecule has 0 spiro atoms. The Morgan fingerprint density at radius 1 is 1.20 bits per heavy atom. The van der Waals surface area contributed by atoms with Crippen LogP contribution in [0.25, 0.3) is 0 Å². The van der Waals surface area contributed by atoms with Gasteiger partial charge in [0.2, 0.25) is 10.0 Å². The largest absolute Gasteiger partial charge is 0.352 e. The van der Waals surface area contributed by atoms with Gasteiger partial charge in [-0.05, 0) is 38.8 Å². The fourth-order valence-corrected chi connectivity index (χ4v) is 4.90. The van der Waals surface area contributed by atoms with Crippen molar-refractivity contribution < 1.29 is 8.42 Å². The normalized spacial score (nSPS) is 18.6. The standard InChI is InChI=1S/C16H22N6O2S/c1-10-16(11(2)18-17-10)25(23,24)21(3)13-8-22(9-13)15-7-6-14(19-20-15)12-4-5-12/h6-7,12-13H,4-5,8-9H2,1-3H3,(H,17,18). The third kappa shape index (κ3) is 2.81. The molecular formula is C16H22N6O2S. The molecule has 0 aromatic carbocycles. The zero-order chi connectivity index (χ0) is 17.8. The van der Waals surface area contributed by atoms with Gasteiger partial charge in [0.15, 0.2) is 5.82 Å². The Balaban J connectivity index is 1.44. The Morgan fingerprint density at radius 3 is 2.44 bits per heavy atom. The summed E-state index contributed by atoms with van der Waals surface area (Å²) in [6.45, 7) is 4.66. The van der Waals surface area contributed by atoms with Gasteiger partial charge in [-0.25, -0.2) is 8.42 Å². The van der Waals surface area contributed by atoms with Crippen LogP contribution in [0.15, 0.2) is 17.0 Å². The number of nitrogens with one attached hydrogen (secondary N) is 1. The Morgan fingerprint density at radius 2 is 1.92 bits per heavy atom. The molecule has 0 unspecified atom stereocenters. The predicted octanol–water partition coefficient (Wildman–Crippen LogP) is 1.20. The van der Waals surface area contributed by atoms with E-state index >= 15 is 0 Å². The number of rotatable bonds is 5. The molecule has 8 nitrogen and oxygen atoms in total. The second-order valence-corrected chi connectivity index (χ2v) is 8.87. The van der Waals surface area contributed by atoms with E-state index in [1.54, 1.807) is 20.9 Å². The van der Waals surface area contributed by atoms with Crippen molar-refractivity contribution in [3.63, 3.8) is 0 Å². The number of aryl methyl sites for hydroxylation is 2. The zero-order valence-corrected chi connectivity index (χ0v) is 15.4. The Hall–Kier alpha value is -2.00. The molecule has 0 bridgehead atoms. The number of anilines is 1. The first-order valence-electron chi connectivity index (χ1n) is 8.46. The van der Waals surface area contributed by atoms with Gasteiger partial charge in [-0.3, -0.25) is 5.10 Å². The number of H-pyrrole nitrogens is 1. The summed E-state index contributed by atoms with van der Waals surface area (Å²) in [4.78, 5) is 2.33. The Kier molecular flexibility index (Phi) is 3.80. The van der Waals surface area contributed by atoms with Crippen LogP contribution in [-0.4, -0.2) is 59.3 Å². The Bertz CT molecular complexity index is 862. The first kappa shape index (κ1) is 16.5. The van der Waals surface area contributed by atoms with Gasteiger partial charge in [0, 0.05) is 26.1 Å². The van der Waals surface area contributed by atoms with Crippen molar-refractivity contribution in [1.82, 2.24) is 24.7 Å². The summed E-state index contributed by atoms with van der Waals surface area (Å²) < 4.78 is 27.2. The van der Waals surface area contributed by atoms with Crippen molar-refractivity contribution in [3.05, 3.63) is 29.2 Å². The maximum absolute atomic E-state index is 12.9. The highest BCUT2D eigenvalue weighted by molar-refractivity contribution is 7.89. The highest BCUT2D eigenvalue weighted by Crippen LogP contribution is 2.39. The minimum Gasteiger partial charge on any atom is -0.352 e. The first-order valence-corrected chi connectivity index (χ1v) is 9.90. The number of aromatic nitrogens is 4. The van der Waals surface area contributed by atoms with Crippen LogP contribution in [-0.2, 0) is 10.0 Å². The molecule has 0 amide bonds. The maximum atomic E-state index is 12.9. The first-order chi connectivity index (χ1) is 11.9. The maximum Gasteiger partial charge on any atom is 0.246 e. The van der Waals surface area contributed by atoms with Crippen LogP contribution in [0.1, 0.15) is 35.8 Å². The van der Waals surface area contributed by atoms with Gasteiger partial charge >= 0.3 is 0 Å². The molecule has 1 aliphatic heterocycles. The highest BCUT2D eigenvalue weighted by Gasteiger charge is 2.39. The molecule has 2 aliphatic rings. The van der Waals surface area contributed by atoms with E-state index in [2.05, 4.69) is 25.3 Å². The fourth-order valence-electron chi connectivity index (χ4n) is 3.23. The second-order valence-electron chi connectivity index (χ2n) is 6.93. The highest BCUT2D eigenvalue weighted by atomic mass is 32.2. The van der Waals surface area contributed by atoms with Crippen LogP contribution in [0.4, 0.5) is 5.82 Å². The lowest BCUT2D eigenvalue weighted by Crippen LogP contribution is -2.60. The molecule has 0 atom stereocenters. The van der Waals surface area contributed by atoms with Gasteiger partial charge in [-0.1, -0.05) is 0 Å². The topological polar surface area (TPSA) is 95.1 Å². The molecule has 3 heterocycles. The molecule has 2 fully saturated rings. The summed E-state index contributed by atoms with van der Waals surface area (Å²) in [7, 11) is -1.93. The minimum absolute atomic E-state index is 0.0800. The average Bonchev–Trinajstić information content (AvgIpc) is 3.32. The van der Waals surface area contributed by atoms with Crippen LogP contribution in [0, 0.1) is 13.8 Å². The number of hydrogen-bond acceptors (Lipinski definition) is 6. The van der Waals surface area contributed by atoms with E-state index in [0.717, 1.165) is 11.5 Å². The summed E-state index contributed by atoms with van der Waals surface area (Å²) >= 11 is 0. The van der Waals surface area contributed by atoms with E-state index in [-0.39, 0.29) is 10.9 Å². The predicted molar refractivity (Wildman–Crippen MR) is 93.0 cm³/mol. The lowest BCUT2D eigenvalue weighted by Gasteiger charge is -2.43. The fraction of sp³-hybridized carbons (Fsp3) is 0.562. The van der Waals surface area contributed by atoms with E-state index in [9.17, 15) is 8.42 Å². The SMILES string of the molecule is Cc1n[nH]c(C)c1S(=O)(=O)N(C)C1CN(c2ccc(C3CC3)nn2)C1. The monoisotopic (exact) mass is 362 g/mol. The molecule has 1 saturated carbocycles. The third-order valence-electron chi connectivity index (χ3n) is 5.06. The molecule has 134 valence electrons. The molecule has 1 saturated heterocycles. The minimum atomic E-state index is -3.56. The van der Waals surface area contributed by atoms with Crippen molar-refractivity contribution in [3.8, 4) is 0 Å². The van der Waals surface area contributed by atoms with Crippen molar-refractivity contribution in [2.24, 2.45) is 0 Å². The van der Waals surface area contributed by atoms with E-state index in [0.29, 0.717) is 30.4 Å². The van der Waals surface area contributed by atoms with Gasteiger partial charge in [0.25, 0.3) is 0 Å². The van der Waals surface area contributed by atoms with Crippen LogP contribution >= 0.6 is 0 Å². The number of aromatic amines is 1. The summed E-state index contributed by atoms with van der Waals surface area (Å²) in [6.07, 6.45) is 2.41. The molecule has 25 heavy (non-hydrogen) atoms. The van der Waals surface area contributed by atoms with E-state index < -0.39 is 10.0 Å². The number of nitrogens with zero attached hydrogens (tertiary/aromatic N) is 5. The second kappa shape index (κ2) is 5.77. The van der Waals surface area contributed by atoms with E-state index in [1.807, 2.05) is 12.1 Å². The molecular weight excluding hydrogens is 340 g/mol. The van der Waals surface area contributed by atoms with Crippen molar-refractivity contribution in [1.29, 1.82) is 0 Å². The number of hydrogen-bond donors (Lipinski definition) is 1. The average molecular weight is 362 g/mol. The van der Waals surface area contributed by atoms with Gasteiger partial charge in [-0.2, -0.15) is 14.5 Å². The molecule has 2 aromatic rings. The molecule has 1 aliphatic carbocycles. The summed E-state index contributed by atoms with van der Waals surface area (Å²) in [5, 5.41) is 15.3. The number of sulfonamides is 1. The third-order valence-corrected chi connectivity index (χ3v) is 7.24. The van der Waals surface area contributed by atoms with Crippen molar-refractivity contribution in [2.45, 2.75) is 43.5 Å². The molecule has 0 radical (unpaired) electrons. The lowest BCUT2D eigenvalue weighted by molar-refractivity contribution is 0.309. The van der Waals surface area contributed by atoms with Gasteiger partial charge in [0.1, 0.15) is 4.90 Å². The Labute approximate surface area is 147 Å². The quantitative estimate of drug-likeness (QED) is 0.859. The molecule has 9 heteroatoms. The summed E-state index contributed by atoms with van der Waals surface area (Å²) in [5.41, 5.74) is 2.13. The van der Waals surface area contributed by atoms with E-state index in [1.165, 1.54) is 17.1 Å². The van der Waals surface area contributed by atoms with Crippen LogP contribution in [0.2, 0.25) is 0 Å². The van der Waals surface area contributed by atoms with Crippen molar-refractivity contribution >= 4 is 15.8 Å². The lowest BCUT2D eigenvalue weighted by atomic mass is 10.1. The smallest absolute Gasteiger partial charge is 0.246 e. The van der Waals surface area contributed by atoms with Crippen LogP contribution < -0.4 is 4.90 Å². The summed E-state index contributed by atoms with van der Waals surface area (Å²) in [5.74, 6) is 1.39. The van der Waals surface area contributed by atoms with Gasteiger partial charge < -0.3 is 4.90 Å². The van der Waals surface area contributed by atoms with E-state index in [4.69, 9.17) is 0 Å². The molecule has 1 N–H and O–H groups in total. The van der Waals surface area contributed by atoms with Crippen LogP contribution in [0.5, 0.6) is 0 Å². The van der Waals surface area contributed by atoms with Gasteiger partial charge in [0.05, 0.1) is 23.1 Å². The van der Waals surface area contributed by atoms with Crippen molar-refractivity contribution in [2.75, 3.05) is 25.0 Å². The summed E-state index contributed by atoms with van der Waals surface area (Å²) in [6, 6.07) is 3.94. The van der Waals surface area contributed by atoms with Crippen LogP contribution in [0.3, 0.4) is 0 Å². The molecule has 4 rings (SSSR count). The zero-order valence-electron chi connectivity index (χ0n) is 14.6. The number of likely N-dealkylation sites (N-methyl/N-ethyl adjacent to an activating group) is 1. The molecule has 2 aromatic heterocycles.